The third-order valence-corrected chi connectivity index (χ3v) is 2.56. The highest BCUT2D eigenvalue weighted by atomic mass is 16.1. The van der Waals surface area contributed by atoms with E-state index in [0.717, 1.165) is 11.1 Å². The Hall–Kier alpha value is -2.36. The van der Waals surface area contributed by atoms with Crippen molar-refractivity contribution in [1.82, 2.24) is 15.0 Å². The van der Waals surface area contributed by atoms with Crippen LogP contribution in [0.25, 0.3) is 22.2 Å². The molecule has 3 aromatic rings. The van der Waals surface area contributed by atoms with Gasteiger partial charge in [0.2, 0.25) is 0 Å². The predicted octanol–water partition coefficient (Wildman–Crippen LogP) is 1.92. The number of nitrogens with zero attached hydrogens (tertiary/aromatic N) is 1. The standard InChI is InChI=1S/C12H9N3O/c16-12-10-9(8-4-2-1-3-5-8)6-13-11(10)14-7-15-12/h1-7H,(H2,13,14,15,16). The van der Waals surface area contributed by atoms with E-state index in [9.17, 15) is 4.79 Å². The molecule has 0 atom stereocenters. The summed E-state index contributed by atoms with van der Waals surface area (Å²) in [6.45, 7) is 0. The molecule has 4 heteroatoms. The van der Waals surface area contributed by atoms with Gasteiger partial charge in [0.1, 0.15) is 5.65 Å². The van der Waals surface area contributed by atoms with Gasteiger partial charge in [-0.25, -0.2) is 4.98 Å². The van der Waals surface area contributed by atoms with Crippen LogP contribution < -0.4 is 5.56 Å². The molecule has 0 fully saturated rings. The first-order chi connectivity index (χ1) is 7.86. The number of benzene rings is 1. The fraction of sp³-hybridized carbons (Fsp3) is 0. The summed E-state index contributed by atoms with van der Waals surface area (Å²) < 4.78 is 0. The van der Waals surface area contributed by atoms with Crippen molar-refractivity contribution in [2.45, 2.75) is 0 Å². The lowest BCUT2D eigenvalue weighted by Crippen LogP contribution is -2.05. The fourth-order valence-electron chi connectivity index (χ4n) is 1.82. The maximum absolute atomic E-state index is 11.7. The molecular weight excluding hydrogens is 202 g/mol. The van der Waals surface area contributed by atoms with E-state index in [1.54, 1.807) is 0 Å². The molecular formula is C12H9N3O. The Bertz CT molecular complexity index is 682. The van der Waals surface area contributed by atoms with Crippen molar-refractivity contribution in [3.05, 3.63) is 53.2 Å². The average Bonchev–Trinajstić information content (AvgIpc) is 2.75. The Morgan fingerprint density at radius 1 is 1.06 bits per heavy atom. The van der Waals surface area contributed by atoms with Gasteiger partial charge in [0.25, 0.3) is 5.56 Å². The minimum atomic E-state index is -0.120. The molecule has 2 aromatic heterocycles. The van der Waals surface area contributed by atoms with Gasteiger partial charge in [0.05, 0.1) is 11.7 Å². The highest BCUT2D eigenvalue weighted by molar-refractivity contribution is 5.92. The van der Waals surface area contributed by atoms with Crippen molar-refractivity contribution in [2.24, 2.45) is 0 Å². The van der Waals surface area contributed by atoms with Crippen LogP contribution in [0.4, 0.5) is 0 Å². The van der Waals surface area contributed by atoms with Crippen LogP contribution in [0.2, 0.25) is 0 Å². The summed E-state index contributed by atoms with van der Waals surface area (Å²) in [7, 11) is 0. The zero-order chi connectivity index (χ0) is 11.0. The van der Waals surface area contributed by atoms with Crippen molar-refractivity contribution < 1.29 is 0 Å². The van der Waals surface area contributed by atoms with Gasteiger partial charge in [-0.05, 0) is 5.56 Å². The van der Waals surface area contributed by atoms with Crippen LogP contribution in [0.1, 0.15) is 0 Å². The number of nitrogens with one attached hydrogen (secondary N) is 2. The monoisotopic (exact) mass is 211 g/mol. The summed E-state index contributed by atoms with van der Waals surface area (Å²) in [6.07, 6.45) is 3.21. The summed E-state index contributed by atoms with van der Waals surface area (Å²) >= 11 is 0. The summed E-state index contributed by atoms with van der Waals surface area (Å²) in [4.78, 5) is 21.4. The summed E-state index contributed by atoms with van der Waals surface area (Å²) in [5.74, 6) is 0. The molecule has 0 aliphatic carbocycles. The predicted molar refractivity (Wildman–Crippen MR) is 62.2 cm³/mol. The summed E-state index contributed by atoms with van der Waals surface area (Å²) in [5.41, 5.74) is 2.38. The van der Waals surface area contributed by atoms with Gasteiger partial charge < -0.3 is 9.97 Å². The minimum absolute atomic E-state index is 0.120. The SMILES string of the molecule is O=c1[nH]cnc2[nH]cc(-c3ccccc3)c12. The molecule has 0 bridgehead atoms. The van der Waals surface area contributed by atoms with Crippen molar-refractivity contribution in [2.75, 3.05) is 0 Å². The molecule has 0 aliphatic heterocycles. The Balaban J connectivity index is 2.38. The van der Waals surface area contributed by atoms with Gasteiger partial charge in [-0.1, -0.05) is 30.3 Å². The maximum atomic E-state index is 11.7. The zero-order valence-electron chi connectivity index (χ0n) is 8.40. The number of rotatable bonds is 1. The number of hydrogen-bond acceptors (Lipinski definition) is 2. The smallest absolute Gasteiger partial charge is 0.260 e. The van der Waals surface area contributed by atoms with Crippen LogP contribution in [0, 0.1) is 0 Å². The fourth-order valence-corrected chi connectivity index (χ4v) is 1.82. The third-order valence-electron chi connectivity index (χ3n) is 2.56. The third kappa shape index (κ3) is 1.24. The summed E-state index contributed by atoms with van der Waals surface area (Å²) in [5, 5.41) is 0.605. The Kier molecular flexibility index (Phi) is 1.86. The molecule has 78 valence electrons. The van der Waals surface area contributed by atoms with E-state index in [1.807, 2.05) is 36.5 Å². The van der Waals surface area contributed by atoms with Crippen molar-refractivity contribution >= 4 is 11.0 Å². The highest BCUT2D eigenvalue weighted by Crippen LogP contribution is 2.24. The molecule has 0 unspecified atom stereocenters. The molecule has 3 rings (SSSR count). The van der Waals surface area contributed by atoms with E-state index in [1.165, 1.54) is 6.33 Å². The van der Waals surface area contributed by atoms with Gasteiger partial charge in [-0.2, -0.15) is 0 Å². The Labute approximate surface area is 91.0 Å². The number of aromatic amines is 2. The van der Waals surface area contributed by atoms with Crippen LogP contribution in [0.5, 0.6) is 0 Å². The molecule has 0 saturated carbocycles. The van der Waals surface area contributed by atoms with Crippen LogP contribution in [0.15, 0.2) is 47.7 Å². The number of aromatic nitrogens is 3. The molecule has 0 spiro atoms. The maximum Gasteiger partial charge on any atom is 0.260 e. The first-order valence-corrected chi connectivity index (χ1v) is 4.96. The van der Waals surface area contributed by atoms with E-state index in [0.29, 0.717) is 11.0 Å². The lowest BCUT2D eigenvalue weighted by Gasteiger charge is -1.96. The van der Waals surface area contributed by atoms with Crippen LogP contribution in [-0.4, -0.2) is 15.0 Å². The largest absolute Gasteiger partial charge is 0.345 e. The number of fused-ring (bicyclic) bond motifs is 1. The van der Waals surface area contributed by atoms with Crippen LogP contribution >= 0.6 is 0 Å². The molecule has 2 heterocycles. The van der Waals surface area contributed by atoms with Gasteiger partial charge in [-0.15, -0.1) is 0 Å². The van der Waals surface area contributed by atoms with Gasteiger partial charge in [0, 0.05) is 11.8 Å². The van der Waals surface area contributed by atoms with Gasteiger partial charge >= 0.3 is 0 Å². The van der Waals surface area contributed by atoms with Gasteiger partial charge in [0.15, 0.2) is 0 Å². The van der Waals surface area contributed by atoms with E-state index in [4.69, 9.17) is 0 Å². The quantitative estimate of drug-likeness (QED) is 0.646. The van der Waals surface area contributed by atoms with E-state index >= 15 is 0 Å². The minimum Gasteiger partial charge on any atom is -0.345 e. The number of hydrogen-bond donors (Lipinski definition) is 2. The molecule has 4 nitrogen and oxygen atoms in total. The first kappa shape index (κ1) is 8.91. The van der Waals surface area contributed by atoms with Crippen molar-refractivity contribution in [3.8, 4) is 11.1 Å². The summed E-state index contributed by atoms with van der Waals surface area (Å²) in [6, 6.07) is 9.77. The molecule has 1 aromatic carbocycles. The lowest BCUT2D eigenvalue weighted by molar-refractivity contribution is 1.16. The second kappa shape index (κ2) is 3.34. The van der Waals surface area contributed by atoms with E-state index in [-0.39, 0.29) is 5.56 Å². The van der Waals surface area contributed by atoms with E-state index < -0.39 is 0 Å². The van der Waals surface area contributed by atoms with Crippen molar-refractivity contribution in [3.63, 3.8) is 0 Å². The molecule has 0 aliphatic rings. The molecule has 16 heavy (non-hydrogen) atoms. The molecule has 0 saturated heterocycles. The zero-order valence-corrected chi connectivity index (χ0v) is 8.40. The second-order valence-corrected chi connectivity index (χ2v) is 3.52. The lowest BCUT2D eigenvalue weighted by atomic mass is 10.1. The number of H-pyrrole nitrogens is 2. The topological polar surface area (TPSA) is 61.5 Å². The normalized spacial score (nSPS) is 10.8. The highest BCUT2D eigenvalue weighted by Gasteiger charge is 2.09. The molecule has 2 N–H and O–H groups in total. The molecule has 0 radical (unpaired) electrons. The Morgan fingerprint density at radius 3 is 2.69 bits per heavy atom. The van der Waals surface area contributed by atoms with Crippen molar-refractivity contribution in [1.29, 1.82) is 0 Å². The molecule has 0 amide bonds. The first-order valence-electron chi connectivity index (χ1n) is 4.96. The van der Waals surface area contributed by atoms with E-state index in [2.05, 4.69) is 15.0 Å². The van der Waals surface area contributed by atoms with Gasteiger partial charge in [-0.3, -0.25) is 4.79 Å². The average molecular weight is 211 g/mol. The second-order valence-electron chi connectivity index (χ2n) is 3.52. The Morgan fingerprint density at radius 2 is 1.88 bits per heavy atom. The van der Waals surface area contributed by atoms with Crippen LogP contribution in [-0.2, 0) is 0 Å². The van der Waals surface area contributed by atoms with Crippen LogP contribution in [0.3, 0.4) is 0 Å².